The Morgan fingerprint density at radius 1 is 1.17 bits per heavy atom. The summed E-state index contributed by atoms with van der Waals surface area (Å²) < 4.78 is 0.632. The number of amides is 2. The van der Waals surface area contributed by atoms with Gasteiger partial charge < -0.3 is 10.6 Å². The van der Waals surface area contributed by atoms with Crippen molar-refractivity contribution in [1.29, 1.82) is 0 Å². The van der Waals surface area contributed by atoms with Crippen LogP contribution in [0, 0.1) is 0 Å². The van der Waals surface area contributed by atoms with Gasteiger partial charge in [0.05, 0.1) is 5.75 Å². The first-order valence-corrected chi connectivity index (χ1v) is 9.56. The minimum atomic E-state index is -0.147. The maximum atomic E-state index is 11.9. The number of carbonyl (C=O) groups is 2. The molecule has 6 nitrogen and oxygen atoms in total. The number of nitrogens with zero attached hydrogens (tertiary/aromatic N) is 2. The molecular formula is C15H17ClN4O2S2. The number of hydrogen-bond acceptors (Lipinski definition) is 6. The number of aromatic nitrogens is 2. The summed E-state index contributed by atoms with van der Waals surface area (Å²) in [6.45, 7) is 2.03. The number of hydrogen-bond donors (Lipinski definition) is 2. The van der Waals surface area contributed by atoms with Gasteiger partial charge in [0.15, 0.2) is 4.34 Å². The molecule has 1 aromatic heterocycles. The molecule has 0 unspecified atom stereocenters. The Bertz CT molecular complexity index is 691. The number of anilines is 2. The molecule has 1 aromatic carbocycles. The molecule has 0 fully saturated rings. The summed E-state index contributed by atoms with van der Waals surface area (Å²) >= 11 is 8.32. The van der Waals surface area contributed by atoms with E-state index in [2.05, 4.69) is 20.8 Å². The maximum absolute atomic E-state index is 11.9. The average Bonchev–Trinajstić information content (AvgIpc) is 3.00. The fourth-order valence-corrected chi connectivity index (χ4v) is 3.39. The number of unbranched alkanes of at least 4 members (excludes halogenated alkanes) is 1. The predicted molar refractivity (Wildman–Crippen MR) is 98.9 cm³/mol. The predicted octanol–water partition coefficient (Wildman–Crippen LogP) is 4.05. The third-order valence-corrected chi connectivity index (χ3v) is 5.09. The Hall–Kier alpha value is -1.64. The highest BCUT2D eigenvalue weighted by atomic mass is 35.5. The molecule has 1 heterocycles. The van der Waals surface area contributed by atoms with Crippen molar-refractivity contribution in [2.24, 2.45) is 0 Å². The van der Waals surface area contributed by atoms with Crippen molar-refractivity contribution in [1.82, 2.24) is 10.2 Å². The Kier molecular flexibility index (Phi) is 7.48. The first-order chi connectivity index (χ1) is 11.6. The molecule has 2 N–H and O–H groups in total. The Labute approximate surface area is 153 Å². The zero-order valence-corrected chi connectivity index (χ0v) is 15.4. The summed E-state index contributed by atoms with van der Waals surface area (Å²) in [5.74, 6) is -0.00259. The van der Waals surface area contributed by atoms with Gasteiger partial charge in [-0.2, -0.15) is 0 Å². The fraction of sp³-hybridized carbons (Fsp3) is 0.333. The van der Waals surface area contributed by atoms with Crippen LogP contribution >= 0.6 is 34.7 Å². The molecular weight excluding hydrogens is 368 g/mol. The van der Waals surface area contributed by atoms with Gasteiger partial charge in [0.25, 0.3) is 0 Å². The van der Waals surface area contributed by atoms with Gasteiger partial charge in [-0.15, -0.1) is 10.2 Å². The number of benzene rings is 1. The number of halogens is 1. The van der Waals surface area contributed by atoms with E-state index in [1.54, 1.807) is 24.3 Å². The average molecular weight is 385 g/mol. The summed E-state index contributed by atoms with van der Waals surface area (Å²) in [7, 11) is 0. The number of rotatable bonds is 8. The molecule has 2 rings (SSSR count). The number of thioether (sulfide) groups is 1. The van der Waals surface area contributed by atoms with Crippen molar-refractivity contribution in [2.45, 2.75) is 30.5 Å². The molecule has 0 radical (unpaired) electrons. The van der Waals surface area contributed by atoms with Gasteiger partial charge in [0.2, 0.25) is 16.9 Å². The van der Waals surface area contributed by atoms with Crippen LogP contribution in [0.25, 0.3) is 0 Å². The first kappa shape index (κ1) is 18.7. The van der Waals surface area contributed by atoms with Crippen molar-refractivity contribution in [3.05, 3.63) is 29.3 Å². The van der Waals surface area contributed by atoms with Crippen molar-refractivity contribution < 1.29 is 9.59 Å². The zero-order chi connectivity index (χ0) is 17.4. The van der Waals surface area contributed by atoms with Gasteiger partial charge in [-0.3, -0.25) is 9.59 Å². The van der Waals surface area contributed by atoms with E-state index >= 15 is 0 Å². The molecule has 128 valence electrons. The normalized spacial score (nSPS) is 10.4. The largest absolute Gasteiger partial charge is 0.325 e. The second kappa shape index (κ2) is 9.61. The minimum Gasteiger partial charge on any atom is -0.325 e. The van der Waals surface area contributed by atoms with Crippen LogP contribution in [0.5, 0.6) is 0 Å². The van der Waals surface area contributed by atoms with E-state index in [-0.39, 0.29) is 17.6 Å². The fourth-order valence-electron chi connectivity index (χ4n) is 1.70. The van der Waals surface area contributed by atoms with Gasteiger partial charge in [-0.25, -0.2) is 0 Å². The zero-order valence-electron chi connectivity index (χ0n) is 13.0. The van der Waals surface area contributed by atoms with Crippen molar-refractivity contribution in [3.8, 4) is 0 Å². The Morgan fingerprint density at radius 3 is 2.62 bits per heavy atom. The molecule has 0 bridgehead atoms. The molecule has 0 atom stereocenters. The second-order valence-corrected chi connectivity index (χ2v) is 7.51. The summed E-state index contributed by atoms with van der Waals surface area (Å²) in [4.78, 5) is 23.5. The molecule has 0 spiro atoms. The molecule has 2 aromatic rings. The molecule has 2 amide bonds. The van der Waals surface area contributed by atoms with Crippen LogP contribution in [0.3, 0.4) is 0 Å². The van der Waals surface area contributed by atoms with Gasteiger partial charge in [-0.05, 0) is 30.7 Å². The Balaban J connectivity index is 1.76. The number of nitrogens with one attached hydrogen (secondary N) is 2. The van der Waals surface area contributed by atoms with E-state index < -0.39 is 0 Å². The van der Waals surface area contributed by atoms with Crippen LogP contribution < -0.4 is 10.6 Å². The lowest BCUT2D eigenvalue weighted by atomic mass is 10.2. The summed E-state index contributed by atoms with van der Waals surface area (Å²) in [6, 6.07) is 6.89. The smallest absolute Gasteiger partial charge is 0.234 e. The van der Waals surface area contributed by atoms with Crippen molar-refractivity contribution in [3.63, 3.8) is 0 Å². The molecule has 9 heteroatoms. The van der Waals surface area contributed by atoms with Crippen LogP contribution in [0.1, 0.15) is 26.2 Å². The molecule has 0 saturated carbocycles. The Morgan fingerprint density at radius 2 is 1.92 bits per heavy atom. The monoisotopic (exact) mass is 384 g/mol. The van der Waals surface area contributed by atoms with E-state index in [1.807, 2.05) is 6.92 Å². The quantitative estimate of drug-likeness (QED) is 0.529. The van der Waals surface area contributed by atoms with Crippen LogP contribution in [0.15, 0.2) is 28.6 Å². The highest BCUT2D eigenvalue weighted by Crippen LogP contribution is 2.25. The molecule has 0 aliphatic heterocycles. The van der Waals surface area contributed by atoms with Crippen LogP contribution in [0.2, 0.25) is 5.02 Å². The van der Waals surface area contributed by atoms with Crippen molar-refractivity contribution >= 4 is 57.3 Å². The lowest BCUT2D eigenvalue weighted by Crippen LogP contribution is -2.13. The van der Waals surface area contributed by atoms with Gasteiger partial charge in [0.1, 0.15) is 0 Å². The van der Waals surface area contributed by atoms with E-state index in [9.17, 15) is 9.59 Å². The summed E-state index contributed by atoms with van der Waals surface area (Å²) in [5, 5.41) is 14.4. The molecule has 24 heavy (non-hydrogen) atoms. The summed E-state index contributed by atoms with van der Waals surface area (Å²) in [5.41, 5.74) is 0.686. The molecule has 0 aliphatic carbocycles. The molecule has 0 aliphatic rings. The summed E-state index contributed by atoms with van der Waals surface area (Å²) in [6.07, 6.45) is 2.28. The van der Waals surface area contributed by atoms with Gasteiger partial charge >= 0.3 is 0 Å². The third-order valence-electron chi connectivity index (χ3n) is 2.86. The third kappa shape index (κ3) is 6.46. The standard InChI is InChI=1S/C15H17ClN4O2S2/c1-2-3-4-12(21)18-14-19-20-15(24-14)23-9-13(22)17-11-7-5-10(16)6-8-11/h5-8H,2-4,9H2,1H3,(H,17,22)(H,18,19,21). The SMILES string of the molecule is CCCCC(=O)Nc1nnc(SCC(=O)Nc2ccc(Cl)cc2)s1. The van der Waals surface area contributed by atoms with Crippen LogP contribution in [-0.4, -0.2) is 27.8 Å². The van der Waals surface area contributed by atoms with E-state index in [1.165, 1.54) is 23.1 Å². The number of carbonyl (C=O) groups excluding carboxylic acids is 2. The van der Waals surface area contributed by atoms with Crippen LogP contribution in [-0.2, 0) is 9.59 Å². The van der Waals surface area contributed by atoms with Gasteiger partial charge in [-0.1, -0.05) is 48.0 Å². The minimum absolute atomic E-state index is 0.0648. The highest BCUT2D eigenvalue weighted by Gasteiger charge is 2.10. The molecule has 0 saturated heterocycles. The second-order valence-electron chi connectivity index (χ2n) is 4.87. The lowest BCUT2D eigenvalue weighted by molar-refractivity contribution is -0.116. The van der Waals surface area contributed by atoms with Gasteiger partial charge in [0, 0.05) is 17.1 Å². The lowest BCUT2D eigenvalue weighted by Gasteiger charge is -2.03. The van der Waals surface area contributed by atoms with E-state index in [0.717, 1.165) is 12.8 Å². The van der Waals surface area contributed by atoms with E-state index in [0.29, 0.717) is 26.6 Å². The first-order valence-electron chi connectivity index (χ1n) is 7.38. The maximum Gasteiger partial charge on any atom is 0.234 e. The van der Waals surface area contributed by atoms with E-state index in [4.69, 9.17) is 11.6 Å². The topological polar surface area (TPSA) is 84.0 Å². The van der Waals surface area contributed by atoms with Crippen molar-refractivity contribution in [2.75, 3.05) is 16.4 Å². The van der Waals surface area contributed by atoms with Crippen LogP contribution in [0.4, 0.5) is 10.8 Å². The highest BCUT2D eigenvalue weighted by molar-refractivity contribution is 8.01.